The summed E-state index contributed by atoms with van der Waals surface area (Å²) in [5.41, 5.74) is 10.6. The van der Waals surface area contributed by atoms with Crippen LogP contribution in [0.25, 0.3) is 96.6 Å². The standard InChI is InChI=1S/C58H37NS/c1-2-15-47-40(11-1)12-10-21-48(47)43-13-9-14-46(35-43)59(45-31-25-39(26-32-45)42-28-34-58-56(37-42)54-20-7-8-22-57(54)60-58)44-29-23-38(24-30-44)41-27-33-53-51-18-4-3-16-49(51)50-17-5-6-19-52(50)55(53)36-41/h1-37H. The second kappa shape index (κ2) is 14.1. The third kappa shape index (κ3) is 5.76. The zero-order valence-electron chi connectivity index (χ0n) is 32.7. The fourth-order valence-electron chi connectivity index (χ4n) is 9.34. The Morgan fingerprint density at radius 2 is 0.733 bits per heavy atom. The number of anilines is 3. The first-order valence-corrected chi connectivity index (χ1v) is 21.4. The highest BCUT2D eigenvalue weighted by Gasteiger charge is 2.16. The van der Waals surface area contributed by atoms with Crippen molar-refractivity contribution in [3.05, 3.63) is 224 Å². The summed E-state index contributed by atoms with van der Waals surface area (Å²) in [6, 6.07) is 82.5. The van der Waals surface area contributed by atoms with Gasteiger partial charge in [0.1, 0.15) is 0 Å². The van der Waals surface area contributed by atoms with Gasteiger partial charge in [0.05, 0.1) is 0 Å². The summed E-state index contributed by atoms with van der Waals surface area (Å²) < 4.78 is 2.65. The molecule has 60 heavy (non-hydrogen) atoms. The maximum Gasteiger partial charge on any atom is 0.0467 e. The topological polar surface area (TPSA) is 3.24 Å². The van der Waals surface area contributed by atoms with E-state index in [0.717, 1.165) is 17.1 Å². The lowest BCUT2D eigenvalue weighted by molar-refractivity contribution is 1.28. The predicted octanol–water partition coefficient (Wildman–Crippen LogP) is 17.1. The first-order chi connectivity index (χ1) is 29.7. The van der Waals surface area contributed by atoms with Gasteiger partial charge in [0.15, 0.2) is 0 Å². The van der Waals surface area contributed by atoms with Crippen molar-refractivity contribution in [2.24, 2.45) is 0 Å². The SMILES string of the molecule is c1cc(-c2cccc3ccccc23)cc(N(c2ccc(-c3ccc4sc5ccccc5c4c3)cc2)c2ccc(-c3ccc4c5ccccc5c5ccccc5c4c3)cc2)c1. The van der Waals surface area contributed by atoms with Gasteiger partial charge in [0.2, 0.25) is 0 Å². The summed E-state index contributed by atoms with van der Waals surface area (Å²) in [5, 5.41) is 12.9. The van der Waals surface area contributed by atoms with Crippen molar-refractivity contribution in [2.75, 3.05) is 4.90 Å². The van der Waals surface area contributed by atoms with E-state index in [1.807, 2.05) is 11.3 Å². The molecule has 2 heteroatoms. The van der Waals surface area contributed by atoms with Gasteiger partial charge in [-0.3, -0.25) is 0 Å². The van der Waals surface area contributed by atoms with Crippen LogP contribution in [0.2, 0.25) is 0 Å². The van der Waals surface area contributed by atoms with Crippen LogP contribution >= 0.6 is 11.3 Å². The number of benzene rings is 11. The van der Waals surface area contributed by atoms with Gasteiger partial charge in [-0.2, -0.15) is 0 Å². The van der Waals surface area contributed by atoms with E-state index in [9.17, 15) is 0 Å². The number of nitrogens with zero attached hydrogens (tertiary/aromatic N) is 1. The molecule has 0 aliphatic rings. The Bertz CT molecular complexity index is 3560. The summed E-state index contributed by atoms with van der Waals surface area (Å²) in [6.07, 6.45) is 0. The summed E-state index contributed by atoms with van der Waals surface area (Å²) in [5.74, 6) is 0. The third-order valence-electron chi connectivity index (χ3n) is 12.2. The number of hydrogen-bond donors (Lipinski definition) is 0. The van der Waals surface area contributed by atoms with Gasteiger partial charge >= 0.3 is 0 Å². The van der Waals surface area contributed by atoms with Crippen LogP contribution in [-0.2, 0) is 0 Å². The number of fused-ring (bicyclic) bond motifs is 10. The summed E-state index contributed by atoms with van der Waals surface area (Å²) >= 11 is 1.86. The first kappa shape index (κ1) is 34.5. The van der Waals surface area contributed by atoms with Crippen molar-refractivity contribution in [1.29, 1.82) is 0 Å². The molecule has 0 spiro atoms. The van der Waals surface area contributed by atoms with Crippen molar-refractivity contribution in [1.82, 2.24) is 0 Å². The monoisotopic (exact) mass is 779 g/mol. The molecule has 1 aromatic heterocycles. The Hall–Kier alpha value is -7.52. The minimum atomic E-state index is 1.10. The highest BCUT2D eigenvalue weighted by Crippen LogP contribution is 2.42. The molecule has 0 saturated carbocycles. The van der Waals surface area contributed by atoms with Crippen LogP contribution in [0.4, 0.5) is 17.1 Å². The summed E-state index contributed by atoms with van der Waals surface area (Å²) in [4.78, 5) is 2.39. The Labute approximate surface area is 352 Å². The second-order valence-corrected chi connectivity index (χ2v) is 16.8. The van der Waals surface area contributed by atoms with Gasteiger partial charge in [-0.05, 0) is 137 Å². The van der Waals surface area contributed by atoms with Gasteiger partial charge in [-0.15, -0.1) is 11.3 Å². The van der Waals surface area contributed by atoms with Crippen molar-refractivity contribution in [3.8, 4) is 33.4 Å². The normalized spacial score (nSPS) is 11.7. The molecule has 0 atom stereocenters. The molecule has 0 aliphatic carbocycles. The molecule has 1 heterocycles. The molecular formula is C58H37NS. The van der Waals surface area contributed by atoms with Crippen LogP contribution in [0, 0.1) is 0 Å². The Kier molecular flexibility index (Phi) is 8.11. The maximum atomic E-state index is 2.39. The third-order valence-corrected chi connectivity index (χ3v) is 13.4. The first-order valence-electron chi connectivity index (χ1n) is 20.6. The van der Waals surface area contributed by atoms with E-state index >= 15 is 0 Å². The fraction of sp³-hybridized carbons (Fsp3) is 0. The Morgan fingerprint density at radius 3 is 1.42 bits per heavy atom. The molecule has 0 saturated heterocycles. The van der Waals surface area contributed by atoms with Crippen LogP contribution in [0.1, 0.15) is 0 Å². The van der Waals surface area contributed by atoms with Crippen LogP contribution in [0.5, 0.6) is 0 Å². The Balaban J connectivity index is 0.963. The maximum absolute atomic E-state index is 2.39. The molecule has 11 aromatic carbocycles. The van der Waals surface area contributed by atoms with Crippen LogP contribution in [0.15, 0.2) is 224 Å². The minimum absolute atomic E-state index is 1.10. The van der Waals surface area contributed by atoms with E-state index in [-0.39, 0.29) is 0 Å². The van der Waals surface area contributed by atoms with E-state index in [0.29, 0.717) is 0 Å². The quantitative estimate of drug-likeness (QED) is 0.152. The summed E-state index contributed by atoms with van der Waals surface area (Å²) in [6.45, 7) is 0. The van der Waals surface area contributed by atoms with Crippen LogP contribution in [-0.4, -0.2) is 0 Å². The van der Waals surface area contributed by atoms with Crippen molar-refractivity contribution < 1.29 is 0 Å². The highest BCUT2D eigenvalue weighted by molar-refractivity contribution is 7.25. The van der Waals surface area contributed by atoms with E-state index in [1.165, 1.54) is 96.6 Å². The van der Waals surface area contributed by atoms with E-state index < -0.39 is 0 Å². The van der Waals surface area contributed by atoms with Gasteiger partial charge < -0.3 is 4.90 Å². The molecule has 0 amide bonds. The molecular weight excluding hydrogens is 743 g/mol. The Morgan fingerprint density at radius 1 is 0.250 bits per heavy atom. The van der Waals surface area contributed by atoms with E-state index in [2.05, 4.69) is 229 Å². The molecule has 12 aromatic rings. The van der Waals surface area contributed by atoms with Crippen LogP contribution in [0.3, 0.4) is 0 Å². The van der Waals surface area contributed by atoms with E-state index in [4.69, 9.17) is 0 Å². The van der Waals surface area contributed by atoms with E-state index in [1.54, 1.807) is 0 Å². The van der Waals surface area contributed by atoms with Gasteiger partial charge in [-0.25, -0.2) is 0 Å². The number of rotatable bonds is 6. The predicted molar refractivity (Wildman–Crippen MR) is 260 cm³/mol. The largest absolute Gasteiger partial charge is 0.310 e. The molecule has 12 rings (SSSR count). The number of hydrogen-bond acceptors (Lipinski definition) is 2. The molecule has 0 N–H and O–H groups in total. The van der Waals surface area contributed by atoms with Gasteiger partial charge in [0.25, 0.3) is 0 Å². The van der Waals surface area contributed by atoms with Crippen molar-refractivity contribution in [3.63, 3.8) is 0 Å². The minimum Gasteiger partial charge on any atom is -0.310 e. The summed E-state index contributed by atoms with van der Waals surface area (Å²) in [7, 11) is 0. The second-order valence-electron chi connectivity index (χ2n) is 15.7. The highest BCUT2D eigenvalue weighted by atomic mass is 32.1. The average molecular weight is 780 g/mol. The molecule has 280 valence electrons. The average Bonchev–Trinajstić information content (AvgIpc) is 3.70. The molecule has 0 radical (unpaired) electrons. The molecule has 1 nitrogen and oxygen atoms in total. The molecule has 0 fully saturated rings. The zero-order valence-corrected chi connectivity index (χ0v) is 33.5. The lowest BCUT2D eigenvalue weighted by atomic mass is 9.92. The van der Waals surface area contributed by atoms with Crippen molar-refractivity contribution >= 4 is 91.7 Å². The molecule has 0 bridgehead atoms. The molecule has 0 aliphatic heterocycles. The molecule has 0 unspecified atom stereocenters. The smallest absolute Gasteiger partial charge is 0.0467 e. The van der Waals surface area contributed by atoms with Crippen LogP contribution < -0.4 is 4.90 Å². The lowest BCUT2D eigenvalue weighted by Gasteiger charge is -2.26. The fourth-order valence-corrected chi connectivity index (χ4v) is 10.4. The van der Waals surface area contributed by atoms with Gasteiger partial charge in [-0.1, -0.05) is 164 Å². The van der Waals surface area contributed by atoms with Crippen molar-refractivity contribution in [2.45, 2.75) is 0 Å². The zero-order chi connectivity index (χ0) is 39.6. The van der Waals surface area contributed by atoms with Gasteiger partial charge in [0, 0.05) is 37.2 Å². The lowest BCUT2D eigenvalue weighted by Crippen LogP contribution is -2.10. The number of thiophene rings is 1.